The van der Waals surface area contributed by atoms with Crippen LogP contribution in [0.5, 0.6) is 0 Å². The Labute approximate surface area is 152 Å². The fourth-order valence-electron chi connectivity index (χ4n) is 4.66. The molecule has 0 saturated carbocycles. The minimum absolute atomic E-state index is 0.0725. The maximum atomic E-state index is 6.34. The molecule has 4 heterocycles. The zero-order chi connectivity index (χ0) is 16.9. The third kappa shape index (κ3) is 2.54. The Balaban J connectivity index is 1.43. The molecule has 0 amide bonds. The van der Waals surface area contributed by atoms with E-state index in [4.69, 9.17) is 10.5 Å². The van der Waals surface area contributed by atoms with E-state index in [1.54, 1.807) is 0 Å². The van der Waals surface area contributed by atoms with Gasteiger partial charge >= 0.3 is 0 Å². The first-order valence-corrected chi connectivity index (χ1v) is 10.2. The number of aryl methyl sites for hydroxylation is 1. The van der Waals surface area contributed by atoms with Crippen molar-refractivity contribution in [2.24, 2.45) is 0 Å². The summed E-state index contributed by atoms with van der Waals surface area (Å²) in [7, 11) is 0. The van der Waals surface area contributed by atoms with Crippen LogP contribution in [-0.2, 0) is 29.6 Å². The number of hydrogen-bond acceptors (Lipinski definition) is 6. The van der Waals surface area contributed by atoms with Crippen molar-refractivity contribution in [1.29, 1.82) is 0 Å². The second-order valence-electron chi connectivity index (χ2n) is 7.39. The summed E-state index contributed by atoms with van der Waals surface area (Å²) in [5.41, 5.74) is 9.93. The Morgan fingerprint density at radius 3 is 2.84 bits per heavy atom. The van der Waals surface area contributed by atoms with E-state index >= 15 is 0 Å². The summed E-state index contributed by atoms with van der Waals surface area (Å²) in [5, 5.41) is 2.22. The lowest BCUT2D eigenvalue weighted by Crippen LogP contribution is -2.46. The number of thiophene rings is 1. The molecule has 2 aromatic heterocycles. The first-order valence-electron chi connectivity index (χ1n) is 9.36. The van der Waals surface area contributed by atoms with Crippen molar-refractivity contribution in [1.82, 2.24) is 9.97 Å². The predicted molar refractivity (Wildman–Crippen MR) is 100 cm³/mol. The second-order valence-corrected chi connectivity index (χ2v) is 8.31. The van der Waals surface area contributed by atoms with Gasteiger partial charge in [0.1, 0.15) is 11.4 Å². The summed E-state index contributed by atoms with van der Waals surface area (Å²) >= 11 is 1.86. The number of nitrogens with zero attached hydrogens (tertiary/aromatic N) is 3. The molecule has 0 aromatic carbocycles. The van der Waals surface area contributed by atoms with Gasteiger partial charge < -0.3 is 15.4 Å². The van der Waals surface area contributed by atoms with E-state index in [1.807, 2.05) is 11.3 Å². The number of hydrogen-bond donors (Lipinski definition) is 1. The van der Waals surface area contributed by atoms with Crippen molar-refractivity contribution in [2.75, 3.05) is 30.3 Å². The highest BCUT2D eigenvalue weighted by atomic mass is 32.1. The quantitative estimate of drug-likeness (QED) is 0.851. The summed E-state index contributed by atoms with van der Waals surface area (Å²) in [4.78, 5) is 13.0. The highest BCUT2D eigenvalue weighted by Crippen LogP contribution is 2.45. The van der Waals surface area contributed by atoms with Gasteiger partial charge in [-0.1, -0.05) is 0 Å². The fraction of sp³-hybridized carbons (Fsp3) is 0.579. The number of nitrogens with two attached hydrogens (primary N) is 1. The number of piperidine rings is 1. The van der Waals surface area contributed by atoms with E-state index in [2.05, 4.69) is 26.3 Å². The number of rotatable bonds is 1. The molecule has 1 fully saturated rings. The highest BCUT2D eigenvalue weighted by molar-refractivity contribution is 7.10. The lowest BCUT2D eigenvalue weighted by atomic mass is 9.85. The van der Waals surface area contributed by atoms with Gasteiger partial charge in [0.05, 0.1) is 12.3 Å². The van der Waals surface area contributed by atoms with Gasteiger partial charge in [0.15, 0.2) is 0 Å². The van der Waals surface area contributed by atoms with Crippen LogP contribution in [-0.4, -0.2) is 29.7 Å². The zero-order valence-corrected chi connectivity index (χ0v) is 15.3. The molecule has 2 aromatic rings. The van der Waals surface area contributed by atoms with E-state index in [-0.39, 0.29) is 5.60 Å². The lowest BCUT2D eigenvalue weighted by molar-refractivity contribution is -0.0735. The van der Waals surface area contributed by atoms with Crippen LogP contribution in [0.3, 0.4) is 0 Å². The Morgan fingerprint density at radius 2 is 1.96 bits per heavy atom. The average Bonchev–Trinajstić information content (AvgIpc) is 3.12. The molecule has 2 N–H and O–H groups in total. The van der Waals surface area contributed by atoms with Gasteiger partial charge in [-0.2, -0.15) is 4.98 Å². The van der Waals surface area contributed by atoms with Gasteiger partial charge in [0.2, 0.25) is 5.95 Å². The number of anilines is 2. The second kappa shape index (κ2) is 5.95. The van der Waals surface area contributed by atoms with Crippen molar-refractivity contribution in [2.45, 2.75) is 50.5 Å². The van der Waals surface area contributed by atoms with E-state index in [0.717, 1.165) is 57.6 Å². The molecule has 0 unspecified atom stereocenters. The summed E-state index contributed by atoms with van der Waals surface area (Å²) in [5.74, 6) is 1.50. The van der Waals surface area contributed by atoms with E-state index in [0.29, 0.717) is 5.95 Å². The molecule has 3 aliphatic rings. The van der Waals surface area contributed by atoms with Crippen molar-refractivity contribution >= 4 is 23.1 Å². The van der Waals surface area contributed by atoms with Crippen LogP contribution < -0.4 is 10.6 Å². The molecule has 1 aliphatic carbocycles. The average molecular weight is 356 g/mol. The Hall–Kier alpha value is -1.66. The van der Waals surface area contributed by atoms with Crippen LogP contribution in [0.4, 0.5) is 11.8 Å². The van der Waals surface area contributed by atoms with Crippen molar-refractivity contribution in [3.8, 4) is 0 Å². The summed E-state index contributed by atoms with van der Waals surface area (Å²) in [6.07, 6.45) is 7.67. The Morgan fingerprint density at radius 1 is 1.12 bits per heavy atom. The van der Waals surface area contributed by atoms with Crippen LogP contribution >= 0.6 is 11.3 Å². The number of nitrogen functional groups attached to an aromatic ring is 1. The van der Waals surface area contributed by atoms with Gasteiger partial charge in [-0.3, -0.25) is 0 Å². The Kier molecular flexibility index (Phi) is 3.71. The third-order valence-corrected chi connectivity index (χ3v) is 7.10. The lowest BCUT2D eigenvalue weighted by Gasteiger charge is -2.44. The molecule has 6 heteroatoms. The summed E-state index contributed by atoms with van der Waals surface area (Å²) < 4.78 is 6.34. The van der Waals surface area contributed by atoms with Gasteiger partial charge in [-0.25, -0.2) is 4.98 Å². The van der Waals surface area contributed by atoms with Gasteiger partial charge in [0.25, 0.3) is 0 Å². The van der Waals surface area contributed by atoms with E-state index < -0.39 is 0 Å². The zero-order valence-electron chi connectivity index (χ0n) is 14.5. The van der Waals surface area contributed by atoms with Crippen LogP contribution in [0, 0.1) is 0 Å². The standard InChI is InChI=1S/C19H24N4OS/c20-18-21-15-4-2-1-3-14(15)17(22-18)23-9-7-19(8-10-23)16-13(5-11-24-19)6-12-25-16/h6,12H,1-5,7-11H2,(H2,20,21,22). The maximum absolute atomic E-state index is 6.34. The molecule has 1 saturated heterocycles. The molecule has 0 bridgehead atoms. The van der Waals surface area contributed by atoms with Crippen molar-refractivity contribution < 1.29 is 4.74 Å². The predicted octanol–water partition coefficient (Wildman–Crippen LogP) is 3.07. The SMILES string of the molecule is Nc1nc2c(c(N3CCC4(CC3)OCCc3ccsc34)n1)CCCC2. The maximum Gasteiger partial charge on any atom is 0.222 e. The molecule has 1 spiro atoms. The van der Waals surface area contributed by atoms with Crippen LogP contribution in [0.25, 0.3) is 0 Å². The monoisotopic (exact) mass is 356 g/mol. The molecule has 5 rings (SSSR count). The summed E-state index contributed by atoms with van der Waals surface area (Å²) in [6.45, 7) is 2.79. The molecule has 2 aliphatic heterocycles. The largest absolute Gasteiger partial charge is 0.369 e. The van der Waals surface area contributed by atoms with Gasteiger partial charge in [-0.15, -0.1) is 11.3 Å². The highest BCUT2D eigenvalue weighted by Gasteiger charge is 2.42. The van der Waals surface area contributed by atoms with E-state index in [9.17, 15) is 0 Å². The molecular formula is C19H24N4OS. The number of ether oxygens (including phenoxy) is 1. The van der Waals surface area contributed by atoms with Crippen molar-refractivity contribution in [3.63, 3.8) is 0 Å². The molecule has 132 valence electrons. The number of fused-ring (bicyclic) bond motifs is 3. The smallest absolute Gasteiger partial charge is 0.222 e. The Bertz CT molecular complexity index is 795. The molecule has 0 radical (unpaired) electrons. The van der Waals surface area contributed by atoms with Gasteiger partial charge in [0, 0.05) is 23.5 Å². The van der Waals surface area contributed by atoms with Crippen LogP contribution in [0.2, 0.25) is 0 Å². The van der Waals surface area contributed by atoms with E-state index in [1.165, 1.54) is 34.5 Å². The normalized spacial score (nSPS) is 21.8. The fourth-order valence-corrected chi connectivity index (χ4v) is 5.83. The molecule has 5 nitrogen and oxygen atoms in total. The third-order valence-electron chi connectivity index (χ3n) is 5.96. The van der Waals surface area contributed by atoms with Gasteiger partial charge in [-0.05, 0) is 62.0 Å². The molecule has 0 atom stereocenters. The van der Waals surface area contributed by atoms with Crippen molar-refractivity contribution in [3.05, 3.63) is 33.1 Å². The number of aromatic nitrogens is 2. The molecular weight excluding hydrogens is 332 g/mol. The first-order chi connectivity index (χ1) is 12.3. The van der Waals surface area contributed by atoms with Crippen LogP contribution in [0.1, 0.15) is 47.4 Å². The topological polar surface area (TPSA) is 64.3 Å². The summed E-state index contributed by atoms with van der Waals surface area (Å²) in [6, 6.07) is 2.28. The minimum atomic E-state index is -0.0725. The minimum Gasteiger partial charge on any atom is -0.369 e. The molecule has 25 heavy (non-hydrogen) atoms. The first kappa shape index (κ1) is 15.6. The van der Waals surface area contributed by atoms with Crippen LogP contribution in [0.15, 0.2) is 11.4 Å².